The van der Waals surface area contributed by atoms with E-state index in [0.717, 1.165) is 17.1 Å². The standard InChI is InChI=1S/C19H23N3O3/c1-3-20-19(24)14-7-8-18(21-11-14)22-12-15(23)10-17(22)13-5-4-6-16(9-13)25-2/h4-9,11,15,17,23H,3,10,12H2,1-2H3,(H,20,24)/t15-,17+/m0/s1. The number of aliphatic hydroxyl groups is 1. The summed E-state index contributed by atoms with van der Waals surface area (Å²) in [5, 5.41) is 12.9. The largest absolute Gasteiger partial charge is 0.497 e. The number of nitrogens with one attached hydrogen (secondary N) is 1. The van der Waals surface area contributed by atoms with Crippen LogP contribution in [0.3, 0.4) is 0 Å². The number of carbonyl (C=O) groups is 1. The normalized spacial score (nSPS) is 19.7. The zero-order valence-corrected chi connectivity index (χ0v) is 14.5. The molecule has 1 aliphatic heterocycles. The van der Waals surface area contributed by atoms with Crippen molar-refractivity contribution < 1.29 is 14.6 Å². The number of benzene rings is 1. The van der Waals surface area contributed by atoms with Crippen LogP contribution in [0.1, 0.15) is 35.3 Å². The number of pyridine rings is 1. The maximum Gasteiger partial charge on any atom is 0.252 e. The number of hydrogen-bond acceptors (Lipinski definition) is 5. The lowest BCUT2D eigenvalue weighted by molar-refractivity contribution is 0.0955. The van der Waals surface area contributed by atoms with Gasteiger partial charge in [-0.1, -0.05) is 12.1 Å². The number of aliphatic hydroxyl groups excluding tert-OH is 1. The molecule has 1 fully saturated rings. The molecule has 1 aromatic heterocycles. The van der Waals surface area contributed by atoms with Crippen LogP contribution in [0.4, 0.5) is 5.82 Å². The van der Waals surface area contributed by atoms with Crippen LogP contribution in [-0.4, -0.2) is 42.3 Å². The second kappa shape index (κ2) is 7.53. The zero-order chi connectivity index (χ0) is 17.8. The highest BCUT2D eigenvalue weighted by Gasteiger charge is 2.33. The van der Waals surface area contributed by atoms with Crippen molar-refractivity contribution in [3.05, 3.63) is 53.7 Å². The summed E-state index contributed by atoms with van der Waals surface area (Å²) >= 11 is 0. The number of methoxy groups -OCH3 is 1. The van der Waals surface area contributed by atoms with Crippen LogP contribution in [0.15, 0.2) is 42.6 Å². The summed E-state index contributed by atoms with van der Waals surface area (Å²) in [5.41, 5.74) is 1.61. The predicted octanol–water partition coefficient (Wildman–Crippen LogP) is 2.15. The monoisotopic (exact) mass is 341 g/mol. The molecule has 0 radical (unpaired) electrons. The van der Waals surface area contributed by atoms with Gasteiger partial charge in [0, 0.05) is 19.3 Å². The van der Waals surface area contributed by atoms with Crippen LogP contribution >= 0.6 is 0 Å². The average molecular weight is 341 g/mol. The van der Waals surface area contributed by atoms with Crippen LogP contribution in [-0.2, 0) is 0 Å². The molecule has 1 saturated heterocycles. The third-order valence-electron chi connectivity index (χ3n) is 4.40. The molecule has 2 heterocycles. The molecule has 2 atom stereocenters. The van der Waals surface area contributed by atoms with Gasteiger partial charge in [0.2, 0.25) is 0 Å². The Morgan fingerprint density at radius 1 is 1.40 bits per heavy atom. The molecule has 0 aliphatic carbocycles. The number of β-amino-alcohol motifs (C(OH)–C–C–N with tert-alkyl or cyclic N) is 1. The van der Waals surface area contributed by atoms with Gasteiger partial charge in [-0.3, -0.25) is 4.79 Å². The molecule has 6 nitrogen and oxygen atoms in total. The van der Waals surface area contributed by atoms with Gasteiger partial charge in [0.25, 0.3) is 5.91 Å². The van der Waals surface area contributed by atoms with Crippen LogP contribution in [0.2, 0.25) is 0 Å². The van der Waals surface area contributed by atoms with Crippen LogP contribution in [0, 0.1) is 0 Å². The fraction of sp³-hybridized carbons (Fsp3) is 0.368. The van der Waals surface area contributed by atoms with Crippen molar-refractivity contribution in [2.75, 3.05) is 25.1 Å². The second-order valence-corrected chi connectivity index (χ2v) is 6.10. The first-order valence-corrected chi connectivity index (χ1v) is 8.45. The van der Waals surface area contributed by atoms with E-state index in [9.17, 15) is 9.90 Å². The first-order valence-electron chi connectivity index (χ1n) is 8.45. The third-order valence-corrected chi connectivity index (χ3v) is 4.40. The topological polar surface area (TPSA) is 74.7 Å². The van der Waals surface area contributed by atoms with E-state index in [1.165, 1.54) is 0 Å². The van der Waals surface area contributed by atoms with E-state index < -0.39 is 6.10 Å². The third kappa shape index (κ3) is 3.74. The van der Waals surface area contributed by atoms with E-state index in [2.05, 4.69) is 15.2 Å². The summed E-state index contributed by atoms with van der Waals surface area (Å²) in [5.74, 6) is 1.41. The minimum absolute atomic E-state index is 0.0212. The Bertz CT molecular complexity index is 733. The number of carbonyl (C=O) groups excluding carboxylic acids is 1. The molecule has 25 heavy (non-hydrogen) atoms. The average Bonchev–Trinajstić information content (AvgIpc) is 3.04. The SMILES string of the molecule is CCNC(=O)c1ccc(N2C[C@@H](O)C[C@@H]2c2cccc(OC)c2)nc1. The molecule has 0 spiro atoms. The van der Waals surface area contributed by atoms with E-state index in [4.69, 9.17) is 4.74 Å². The first-order chi connectivity index (χ1) is 12.1. The van der Waals surface area contributed by atoms with E-state index >= 15 is 0 Å². The van der Waals surface area contributed by atoms with Crippen molar-refractivity contribution >= 4 is 11.7 Å². The Morgan fingerprint density at radius 2 is 2.24 bits per heavy atom. The molecule has 2 N–H and O–H groups in total. The number of ether oxygens (including phenoxy) is 1. The fourth-order valence-corrected chi connectivity index (χ4v) is 3.18. The van der Waals surface area contributed by atoms with E-state index in [1.54, 1.807) is 19.4 Å². The molecule has 0 unspecified atom stereocenters. The Morgan fingerprint density at radius 3 is 2.92 bits per heavy atom. The van der Waals surface area contributed by atoms with Crippen LogP contribution in [0.25, 0.3) is 0 Å². The smallest absolute Gasteiger partial charge is 0.252 e. The molecule has 1 amide bonds. The Labute approximate surface area is 147 Å². The maximum atomic E-state index is 11.9. The van der Waals surface area contributed by atoms with Crippen molar-refractivity contribution in [1.29, 1.82) is 0 Å². The van der Waals surface area contributed by atoms with Gasteiger partial charge in [-0.15, -0.1) is 0 Å². The Kier molecular flexibility index (Phi) is 5.19. The number of rotatable bonds is 5. The summed E-state index contributed by atoms with van der Waals surface area (Å²) in [4.78, 5) is 18.4. The van der Waals surface area contributed by atoms with Crippen molar-refractivity contribution in [3.63, 3.8) is 0 Å². The highest BCUT2D eigenvalue weighted by molar-refractivity contribution is 5.94. The summed E-state index contributed by atoms with van der Waals surface area (Å²) in [6.07, 6.45) is 1.79. The summed E-state index contributed by atoms with van der Waals surface area (Å²) in [6.45, 7) is 2.97. The highest BCUT2D eigenvalue weighted by atomic mass is 16.5. The number of hydrogen-bond donors (Lipinski definition) is 2. The molecular formula is C19H23N3O3. The molecular weight excluding hydrogens is 318 g/mol. The highest BCUT2D eigenvalue weighted by Crippen LogP contribution is 2.36. The van der Waals surface area contributed by atoms with Crippen LogP contribution < -0.4 is 15.0 Å². The molecule has 132 valence electrons. The number of amides is 1. The van der Waals surface area contributed by atoms with Gasteiger partial charge in [0.15, 0.2) is 0 Å². The van der Waals surface area contributed by atoms with E-state index in [1.807, 2.05) is 37.3 Å². The molecule has 3 rings (SSSR count). The molecule has 6 heteroatoms. The van der Waals surface area contributed by atoms with Crippen molar-refractivity contribution in [2.24, 2.45) is 0 Å². The number of aromatic nitrogens is 1. The first kappa shape index (κ1) is 17.2. The minimum Gasteiger partial charge on any atom is -0.497 e. The van der Waals surface area contributed by atoms with Gasteiger partial charge in [-0.25, -0.2) is 4.98 Å². The lowest BCUT2D eigenvalue weighted by Gasteiger charge is -2.26. The Hall–Kier alpha value is -2.60. The van der Waals surface area contributed by atoms with E-state index in [0.29, 0.717) is 25.1 Å². The lowest BCUT2D eigenvalue weighted by Crippen LogP contribution is -2.26. The van der Waals surface area contributed by atoms with Gasteiger partial charge in [-0.05, 0) is 43.2 Å². The molecule has 0 saturated carbocycles. The van der Waals surface area contributed by atoms with Gasteiger partial charge < -0.3 is 20.1 Å². The van der Waals surface area contributed by atoms with Crippen molar-refractivity contribution in [1.82, 2.24) is 10.3 Å². The molecule has 2 aromatic rings. The summed E-state index contributed by atoms with van der Waals surface area (Å²) in [6, 6.07) is 11.5. The van der Waals surface area contributed by atoms with Crippen LogP contribution in [0.5, 0.6) is 5.75 Å². The number of nitrogens with zero attached hydrogens (tertiary/aromatic N) is 2. The Balaban J connectivity index is 1.85. The molecule has 1 aromatic carbocycles. The lowest BCUT2D eigenvalue weighted by atomic mass is 10.0. The second-order valence-electron chi connectivity index (χ2n) is 6.10. The quantitative estimate of drug-likeness (QED) is 0.872. The molecule has 0 bridgehead atoms. The molecule has 1 aliphatic rings. The van der Waals surface area contributed by atoms with Crippen molar-refractivity contribution in [2.45, 2.75) is 25.5 Å². The van der Waals surface area contributed by atoms with Crippen molar-refractivity contribution in [3.8, 4) is 5.75 Å². The van der Waals surface area contributed by atoms with Gasteiger partial charge in [0.1, 0.15) is 11.6 Å². The number of anilines is 1. The van der Waals surface area contributed by atoms with Gasteiger partial charge in [-0.2, -0.15) is 0 Å². The maximum absolute atomic E-state index is 11.9. The van der Waals surface area contributed by atoms with Gasteiger partial charge in [0.05, 0.1) is 24.8 Å². The fourth-order valence-electron chi connectivity index (χ4n) is 3.18. The van der Waals surface area contributed by atoms with E-state index in [-0.39, 0.29) is 11.9 Å². The predicted molar refractivity (Wildman–Crippen MR) is 95.9 cm³/mol. The summed E-state index contributed by atoms with van der Waals surface area (Å²) < 4.78 is 5.31. The minimum atomic E-state index is -0.416. The summed E-state index contributed by atoms with van der Waals surface area (Å²) in [7, 11) is 1.64. The zero-order valence-electron chi connectivity index (χ0n) is 14.5. The van der Waals surface area contributed by atoms with Gasteiger partial charge >= 0.3 is 0 Å².